The molecule has 0 atom stereocenters. The van der Waals surface area contributed by atoms with E-state index in [1.54, 1.807) is 0 Å². The van der Waals surface area contributed by atoms with Gasteiger partial charge in [-0.2, -0.15) is 0 Å². The lowest BCUT2D eigenvalue weighted by molar-refractivity contribution is 1.03. The van der Waals surface area contributed by atoms with Gasteiger partial charge in [0.1, 0.15) is 0 Å². The van der Waals surface area contributed by atoms with Gasteiger partial charge in [-0.3, -0.25) is 4.98 Å². The number of nitrogens with zero attached hydrogens (tertiary/aromatic N) is 1. The maximum absolute atomic E-state index is 6.19. The van der Waals surface area contributed by atoms with E-state index < -0.39 is 0 Å². The molecule has 15 heavy (non-hydrogen) atoms. The van der Waals surface area contributed by atoms with Crippen LogP contribution in [0, 0.1) is 13.8 Å². The van der Waals surface area contributed by atoms with Gasteiger partial charge in [0, 0.05) is 16.4 Å². The number of hydrogen-bond donors (Lipinski definition) is 0. The highest BCUT2D eigenvalue weighted by molar-refractivity contribution is 6.37. The van der Waals surface area contributed by atoms with Gasteiger partial charge in [0.25, 0.3) is 0 Å². The zero-order valence-electron chi connectivity index (χ0n) is 9.05. The van der Waals surface area contributed by atoms with E-state index in [9.17, 15) is 0 Å². The second-order valence-electron chi connectivity index (χ2n) is 3.89. The number of hydrogen-bond acceptors (Lipinski definition) is 1. The Kier molecular flexibility index (Phi) is 2.92. The van der Waals surface area contributed by atoms with Crippen molar-refractivity contribution in [3.8, 4) is 0 Å². The van der Waals surface area contributed by atoms with Crippen molar-refractivity contribution in [2.75, 3.05) is 0 Å². The van der Waals surface area contributed by atoms with Crippen molar-refractivity contribution >= 4 is 17.2 Å². The van der Waals surface area contributed by atoms with Crippen molar-refractivity contribution in [3.63, 3.8) is 0 Å². The lowest BCUT2D eigenvalue weighted by Gasteiger charge is -2.12. The highest BCUT2D eigenvalue weighted by atomic mass is 35.5. The topological polar surface area (TPSA) is 12.9 Å². The van der Waals surface area contributed by atoms with Crippen LogP contribution in [0.4, 0.5) is 0 Å². The average molecular weight is 220 g/mol. The predicted molar refractivity (Wildman–Crippen MR) is 64.9 cm³/mol. The molecule has 1 aromatic heterocycles. The third-order valence-corrected chi connectivity index (χ3v) is 2.85. The van der Waals surface area contributed by atoms with Crippen molar-refractivity contribution in [3.05, 3.63) is 46.3 Å². The summed E-state index contributed by atoms with van der Waals surface area (Å²) in [5.41, 5.74) is 4.42. The maximum Gasteiger partial charge on any atom is 0.0441 e. The first-order valence-corrected chi connectivity index (χ1v) is 5.56. The number of allylic oxidation sites excluding steroid dienone is 4. The summed E-state index contributed by atoms with van der Waals surface area (Å²) in [6, 6.07) is 4.17. The molecule has 0 saturated heterocycles. The Morgan fingerprint density at radius 3 is 2.27 bits per heavy atom. The van der Waals surface area contributed by atoms with Crippen LogP contribution in [0.25, 0.3) is 5.57 Å². The molecular formula is C13H14ClN. The lowest BCUT2D eigenvalue weighted by Crippen LogP contribution is -1.94. The summed E-state index contributed by atoms with van der Waals surface area (Å²) in [5, 5.41) is 0.867. The first-order chi connectivity index (χ1) is 7.16. The first-order valence-electron chi connectivity index (χ1n) is 5.18. The molecular weight excluding hydrogens is 206 g/mol. The fourth-order valence-corrected chi connectivity index (χ4v) is 2.19. The van der Waals surface area contributed by atoms with Crippen LogP contribution < -0.4 is 0 Å². The van der Waals surface area contributed by atoms with E-state index in [0.29, 0.717) is 0 Å². The summed E-state index contributed by atoms with van der Waals surface area (Å²) >= 11 is 6.19. The van der Waals surface area contributed by atoms with Gasteiger partial charge in [-0.15, -0.1) is 0 Å². The second-order valence-corrected chi connectivity index (χ2v) is 4.29. The van der Waals surface area contributed by atoms with E-state index in [1.807, 2.05) is 13.8 Å². The fraction of sp³-hybridized carbons (Fsp3) is 0.308. The molecule has 78 valence electrons. The second kappa shape index (κ2) is 4.19. The van der Waals surface area contributed by atoms with E-state index in [1.165, 1.54) is 5.56 Å². The van der Waals surface area contributed by atoms with Crippen molar-refractivity contribution in [1.29, 1.82) is 0 Å². The zero-order chi connectivity index (χ0) is 10.8. The van der Waals surface area contributed by atoms with Crippen molar-refractivity contribution in [1.82, 2.24) is 4.98 Å². The van der Waals surface area contributed by atoms with E-state index in [0.717, 1.165) is 34.8 Å². The fourth-order valence-electron chi connectivity index (χ4n) is 1.89. The van der Waals surface area contributed by atoms with Gasteiger partial charge in [-0.05, 0) is 50.0 Å². The third kappa shape index (κ3) is 2.29. The summed E-state index contributed by atoms with van der Waals surface area (Å²) in [6.45, 7) is 4.02. The van der Waals surface area contributed by atoms with E-state index in [4.69, 9.17) is 11.6 Å². The van der Waals surface area contributed by atoms with Gasteiger partial charge in [0.15, 0.2) is 0 Å². The standard InChI is InChI=1S/C13H14ClN/c1-9-7-11(8-10(2)15-9)12-5-3-4-6-13(12)14/h5-8H,3-4H2,1-2H3. The SMILES string of the molecule is Cc1cc(C2=CCCC=C2Cl)cc(C)n1. The summed E-state index contributed by atoms with van der Waals surface area (Å²) in [6.07, 6.45) is 6.41. The van der Waals surface area contributed by atoms with Crippen molar-refractivity contribution in [2.24, 2.45) is 0 Å². The molecule has 1 aliphatic carbocycles. The van der Waals surface area contributed by atoms with Gasteiger partial charge in [0.2, 0.25) is 0 Å². The van der Waals surface area contributed by atoms with Crippen LogP contribution in [-0.4, -0.2) is 4.98 Å². The maximum atomic E-state index is 6.19. The molecule has 0 unspecified atom stereocenters. The molecule has 0 saturated carbocycles. The minimum absolute atomic E-state index is 0.867. The Bertz CT molecular complexity index is 424. The zero-order valence-corrected chi connectivity index (χ0v) is 9.80. The van der Waals surface area contributed by atoms with Crippen LogP contribution in [0.5, 0.6) is 0 Å². The van der Waals surface area contributed by atoms with E-state index >= 15 is 0 Å². The number of aryl methyl sites for hydroxylation is 2. The summed E-state index contributed by atoms with van der Waals surface area (Å²) < 4.78 is 0. The average Bonchev–Trinajstić information content (AvgIpc) is 2.16. The molecule has 1 aliphatic rings. The molecule has 0 bridgehead atoms. The van der Waals surface area contributed by atoms with Gasteiger partial charge in [-0.1, -0.05) is 23.8 Å². The monoisotopic (exact) mass is 219 g/mol. The van der Waals surface area contributed by atoms with Crippen LogP contribution in [0.2, 0.25) is 0 Å². The summed E-state index contributed by atoms with van der Waals surface area (Å²) in [5.74, 6) is 0. The number of halogens is 1. The molecule has 1 aromatic rings. The molecule has 0 radical (unpaired) electrons. The van der Waals surface area contributed by atoms with Gasteiger partial charge in [-0.25, -0.2) is 0 Å². The van der Waals surface area contributed by atoms with Crippen LogP contribution in [0.15, 0.2) is 29.3 Å². The molecule has 0 N–H and O–H groups in total. The Labute approximate surface area is 95.5 Å². The van der Waals surface area contributed by atoms with Crippen LogP contribution >= 0.6 is 11.6 Å². The molecule has 0 fully saturated rings. The normalized spacial score (nSPS) is 15.9. The van der Waals surface area contributed by atoms with Gasteiger partial charge < -0.3 is 0 Å². The van der Waals surface area contributed by atoms with Gasteiger partial charge in [0.05, 0.1) is 0 Å². The van der Waals surface area contributed by atoms with E-state index in [2.05, 4.69) is 29.3 Å². The number of aromatic nitrogens is 1. The minimum atomic E-state index is 0.867. The van der Waals surface area contributed by atoms with Gasteiger partial charge >= 0.3 is 0 Å². The molecule has 0 aromatic carbocycles. The molecule has 1 nitrogen and oxygen atoms in total. The lowest BCUT2D eigenvalue weighted by atomic mass is 9.99. The highest BCUT2D eigenvalue weighted by Crippen LogP contribution is 2.31. The minimum Gasteiger partial charge on any atom is -0.258 e. The largest absolute Gasteiger partial charge is 0.258 e. The molecule has 0 spiro atoms. The molecule has 0 aliphatic heterocycles. The molecule has 2 rings (SSSR count). The highest BCUT2D eigenvalue weighted by Gasteiger charge is 2.09. The first kappa shape index (κ1) is 10.4. The van der Waals surface area contributed by atoms with Crippen molar-refractivity contribution < 1.29 is 0 Å². The Morgan fingerprint density at radius 2 is 1.67 bits per heavy atom. The third-order valence-electron chi connectivity index (χ3n) is 2.49. The quantitative estimate of drug-likeness (QED) is 0.696. The smallest absolute Gasteiger partial charge is 0.0441 e. The Balaban J connectivity index is 2.45. The molecule has 0 amide bonds. The predicted octanol–water partition coefficient (Wildman–Crippen LogP) is 4.00. The van der Waals surface area contributed by atoms with E-state index in [-0.39, 0.29) is 0 Å². The summed E-state index contributed by atoms with van der Waals surface area (Å²) in [7, 11) is 0. The van der Waals surface area contributed by atoms with Crippen LogP contribution in [0.1, 0.15) is 29.8 Å². The Hall–Kier alpha value is -1.08. The molecule has 2 heteroatoms. The van der Waals surface area contributed by atoms with Crippen LogP contribution in [-0.2, 0) is 0 Å². The van der Waals surface area contributed by atoms with Crippen LogP contribution in [0.3, 0.4) is 0 Å². The van der Waals surface area contributed by atoms with Crippen molar-refractivity contribution in [2.45, 2.75) is 26.7 Å². The number of rotatable bonds is 1. The summed E-state index contributed by atoms with van der Waals surface area (Å²) in [4.78, 5) is 4.36. The number of pyridine rings is 1. The molecule has 1 heterocycles. The Morgan fingerprint density at radius 1 is 1.07 bits per heavy atom.